The number of thiophene rings is 1. The molecule has 4 aromatic rings. The van der Waals surface area contributed by atoms with Gasteiger partial charge in [-0.05, 0) is 30.5 Å². The summed E-state index contributed by atoms with van der Waals surface area (Å²) in [6.07, 6.45) is 1.92. The summed E-state index contributed by atoms with van der Waals surface area (Å²) in [5.74, 6) is 0.471. The Labute approximate surface area is 191 Å². The number of nitrogens with zero attached hydrogens (tertiary/aromatic N) is 3. The molecular formula is C22H20N4O2S3. The summed E-state index contributed by atoms with van der Waals surface area (Å²) in [6, 6.07) is 9.50. The number of thioether (sulfide) groups is 1. The number of carbonyl (C=O) groups is 1. The van der Waals surface area contributed by atoms with E-state index >= 15 is 0 Å². The van der Waals surface area contributed by atoms with Crippen LogP contribution in [0.5, 0.6) is 0 Å². The number of hydrogen-bond acceptors (Lipinski definition) is 7. The first-order chi connectivity index (χ1) is 15.0. The molecule has 158 valence electrons. The highest BCUT2D eigenvalue weighted by Gasteiger charge is 2.13. The molecule has 0 atom stereocenters. The van der Waals surface area contributed by atoms with E-state index in [0.29, 0.717) is 22.8 Å². The van der Waals surface area contributed by atoms with E-state index in [4.69, 9.17) is 0 Å². The summed E-state index contributed by atoms with van der Waals surface area (Å²) in [5.41, 5.74) is 2.73. The van der Waals surface area contributed by atoms with Crippen molar-refractivity contribution in [2.75, 3.05) is 5.32 Å². The Morgan fingerprint density at radius 3 is 2.81 bits per heavy atom. The molecule has 4 rings (SSSR count). The van der Waals surface area contributed by atoms with Crippen LogP contribution in [0.2, 0.25) is 0 Å². The molecule has 3 heterocycles. The van der Waals surface area contributed by atoms with Crippen LogP contribution in [0.1, 0.15) is 16.3 Å². The largest absolute Gasteiger partial charge is 0.326 e. The number of thiazole rings is 1. The first kappa shape index (κ1) is 21.5. The molecule has 0 bridgehead atoms. The fourth-order valence-electron chi connectivity index (χ4n) is 2.94. The predicted octanol–water partition coefficient (Wildman–Crippen LogP) is 4.88. The molecule has 6 nitrogen and oxygen atoms in total. The highest BCUT2D eigenvalue weighted by Crippen LogP contribution is 2.25. The third kappa shape index (κ3) is 5.12. The van der Waals surface area contributed by atoms with Crippen LogP contribution in [0.4, 0.5) is 5.69 Å². The summed E-state index contributed by atoms with van der Waals surface area (Å²) >= 11 is 4.38. The van der Waals surface area contributed by atoms with Crippen LogP contribution in [0.3, 0.4) is 0 Å². The molecule has 0 radical (unpaired) electrons. The lowest BCUT2D eigenvalue weighted by Gasteiger charge is -2.09. The molecule has 1 N–H and O–H groups in total. The van der Waals surface area contributed by atoms with Gasteiger partial charge in [0.1, 0.15) is 9.84 Å². The van der Waals surface area contributed by atoms with Gasteiger partial charge in [0.25, 0.3) is 5.56 Å². The molecule has 9 heteroatoms. The van der Waals surface area contributed by atoms with Gasteiger partial charge in [-0.3, -0.25) is 14.2 Å². The van der Waals surface area contributed by atoms with E-state index < -0.39 is 0 Å². The average Bonchev–Trinajstić information content (AvgIpc) is 3.40. The lowest BCUT2D eigenvalue weighted by atomic mass is 10.2. The minimum absolute atomic E-state index is 0.0552. The van der Waals surface area contributed by atoms with Gasteiger partial charge in [-0.2, -0.15) is 0 Å². The van der Waals surface area contributed by atoms with Crippen molar-refractivity contribution in [3.63, 3.8) is 0 Å². The summed E-state index contributed by atoms with van der Waals surface area (Å²) in [4.78, 5) is 35.0. The molecule has 0 spiro atoms. The maximum Gasteiger partial charge on any atom is 0.263 e. The smallest absolute Gasteiger partial charge is 0.263 e. The number of hydrogen-bond donors (Lipinski definition) is 1. The van der Waals surface area contributed by atoms with Gasteiger partial charge in [0.2, 0.25) is 5.91 Å². The molecule has 1 aromatic carbocycles. The van der Waals surface area contributed by atoms with Crippen molar-refractivity contribution in [3.05, 3.63) is 80.4 Å². The number of anilines is 1. The van der Waals surface area contributed by atoms with Crippen molar-refractivity contribution in [2.45, 2.75) is 30.8 Å². The number of aromatic nitrogens is 3. The number of benzene rings is 1. The first-order valence-electron chi connectivity index (χ1n) is 9.55. The van der Waals surface area contributed by atoms with E-state index in [2.05, 4.69) is 21.9 Å². The Morgan fingerprint density at radius 1 is 1.23 bits per heavy atom. The number of aryl methyl sites for hydroxylation is 1. The minimum Gasteiger partial charge on any atom is -0.326 e. The number of carbonyl (C=O) groups excluding carboxylic acids is 1. The van der Waals surface area contributed by atoms with E-state index in [9.17, 15) is 9.59 Å². The molecule has 0 saturated carbocycles. The van der Waals surface area contributed by atoms with E-state index in [-0.39, 0.29) is 17.9 Å². The van der Waals surface area contributed by atoms with Gasteiger partial charge in [0.15, 0.2) is 5.16 Å². The molecule has 0 saturated heterocycles. The van der Waals surface area contributed by atoms with Gasteiger partial charge >= 0.3 is 0 Å². The van der Waals surface area contributed by atoms with Crippen LogP contribution >= 0.6 is 34.4 Å². The Hall–Kier alpha value is -2.75. The van der Waals surface area contributed by atoms with Crippen molar-refractivity contribution >= 4 is 56.2 Å². The Bertz CT molecular complexity index is 1290. The predicted molar refractivity (Wildman–Crippen MR) is 129 cm³/mol. The summed E-state index contributed by atoms with van der Waals surface area (Å²) in [7, 11) is 0. The Balaban J connectivity index is 1.42. The van der Waals surface area contributed by atoms with Gasteiger partial charge < -0.3 is 5.32 Å². The molecule has 0 fully saturated rings. The zero-order valence-electron chi connectivity index (χ0n) is 16.8. The second kappa shape index (κ2) is 9.59. The third-order valence-electron chi connectivity index (χ3n) is 4.46. The van der Waals surface area contributed by atoms with Crippen molar-refractivity contribution < 1.29 is 4.79 Å². The molecule has 0 unspecified atom stereocenters. The lowest BCUT2D eigenvalue weighted by molar-refractivity contribution is -0.115. The maximum absolute atomic E-state index is 12.7. The van der Waals surface area contributed by atoms with Gasteiger partial charge in [-0.1, -0.05) is 35.5 Å². The quantitative estimate of drug-likeness (QED) is 0.227. The number of nitrogens with one attached hydrogen (secondary N) is 1. The summed E-state index contributed by atoms with van der Waals surface area (Å²) in [5, 5.41) is 8.74. The minimum atomic E-state index is -0.0953. The molecular weight excluding hydrogens is 448 g/mol. The number of allylic oxidation sites excluding steroid dienone is 1. The second-order valence-electron chi connectivity index (χ2n) is 6.85. The highest BCUT2D eigenvalue weighted by molar-refractivity contribution is 7.98. The topological polar surface area (TPSA) is 76.9 Å². The molecule has 1 amide bonds. The van der Waals surface area contributed by atoms with E-state index in [1.165, 1.54) is 34.4 Å². The van der Waals surface area contributed by atoms with Crippen molar-refractivity contribution in [1.29, 1.82) is 0 Å². The third-order valence-corrected chi connectivity index (χ3v) is 7.17. The van der Waals surface area contributed by atoms with Gasteiger partial charge in [0.05, 0.1) is 17.5 Å². The molecule has 0 aliphatic carbocycles. The van der Waals surface area contributed by atoms with E-state index in [1.807, 2.05) is 41.9 Å². The zero-order chi connectivity index (χ0) is 21.8. The normalized spacial score (nSPS) is 11.0. The highest BCUT2D eigenvalue weighted by atomic mass is 32.2. The monoisotopic (exact) mass is 468 g/mol. The van der Waals surface area contributed by atoms with Gasteiger partial charge in [-0.15, -0.1) is 29.3 Å². The second-order valence-corrected chi connectivity index (χ2v) is 9.63. The van der Waals surface area contributed by atoms with Crippen LogP contribution in [0.25, 0.3) is 10.2 Å². The fourth-order valence-corrected chi connectivity index (χ4v) is 5.55. The summed E-state index contributed by atoms with van der Waals surface area (Å²) < 4.78 is 1.63. The molecule has 3 aromatic heterocycles. The fraction of sp³-hybridized carbons (Fsp3) is 0.182. The zero-order valence-corrected chi connectivity index (χ0v) is 19.3. The SMILES string of the molecule is C=CCn1c(SCc2csc(CC(=O)Nc3ccc(C)cc3)n2)nc2sccc2c1=O. The van der Waals surface area contributed by atoms with Crippen molar-refractivity contribution in [1.82, 2.24) is 14.5 Å². The molecule has 0 aliphatic heterocycles. The van der Waals surface area contributed by atoms with Crippen LogP contribution in [0, 0.1) is 6.92 Å². The van der Waals surface area contributed by atoms with Crippen molar-refractivity contribution in [2.24, 2.45) is 0 Å². The van der Waals surface area contributed by atoms with Crippen LogP contribution in [0.15, 0.2) is 63.7 Å². The lowest BCUT2D eigenvalue weighted by Crippen LogP contribution is -2.22. The first-order valence-corrected chi connectivity index (χ1v) is 12.3. The van der Waals surface area contributed by atoms with Gasteiger partial charge in [0, 0.05) is 23.4 Å². The van der Waals surface area contributed by atoms with Gasteiger partial charge in [-0.25, -0.2) is 9.97 Å². The number of fused-ring (bicyclic) bond motifs is 1. The molecule has 0 aliphatic rings. The maximum atomic E-state index is 12.7. The van der Waals surface area contributed by atoms with E-state index in [0.717, 1.165) is 26.8 Å². The number of rotatable bonds is 8. The van der Waals surface area contributed by atoms with Crippen LogP contribution < -0.4 is 10.9 Å². The Morgan fingerprint density at radius 2 is 2.03 bits per heavy atom. The number of amides is 1. The van der Waals surface area contributed by atoms with E-state index in [1.54, 1.807) is 16.7 Å². The summed E-state index contributed by atoms with van der Waals surface area (Å²) in [6.45, 7) is 6.16. The van der Waals surface area contributed by atoms with Crippen LogP contribution in [-0.4, -0.2) is 20.4 Å². The van der Waals surface area contributed by atoms with Crippen molar-refractivity contribution in [3.8, 4) is 0 Å². The Kier molecular flexibility index (Phi) is 6.64. The average molecular weight is 469 g/mol. The van der Waals surface area contributed by atoms with Crippen LogP contribution in [-0.2, 0) is 23.5 Å². The molecule has 31 heavy (non-hydrogen) atoms. The standard InChI is InChI=1S/C22H20N4O2S3/c1-3-9-26-21(28)17-8-10-29-20(17)25-22(26)31-13-16-12-30-19(24-16)11-18(27)23-15-6-4-14(2)5-7-15/h3-8,10,12H,1,9,11,13H2,2H3,(H,23,27).